The maximum Gasteiger partial charge on any atom is 0.339 e. The topological polar surface area (TPSA) is 118 Å². The molecule has 4 rings (SSSR count). The van der Waals surface area contributed by atoms with Crippen LogP contribution in [0.4, 0.5) is 4.79 Å². The summed E-state index contributed by atoms with van der Waals surface area (Å²) in [4.78, 5) is 41.6. The third-order valence-corrected chi connectivity index (χ3v) is 5.50. The number of allylic oxidation sites excluding steroid dienone is 1. The van der Waals surface area contributed by atoms with Gasteiger partial charge < -0.3 is 15.2 Å². The number of pyridine rings is 1. The molecule has 1 heterocycles. The van der Waals surface area contributed by atoms with Crippen LogP contribution in [0.25, 0.3) is 22.6 Å². The number of fused-ring (bicyclic) bond motifs is 2. The number of para-hydroxylation sites is 1. The zero-order chi connectivity index (χ0) is 24.1. The van der Waals surface area contributed by atoms with Gasteiger partial charge >= 0.3 is 12.0 Å². The zero-order valence-electron chi connectivity index (χ0n) is 18.8. The van der Waals surface area contributed by atoms with E-state index >= 15 is 0 Å². The highest BCUT2D eigenvalue weighted by molar-refractivity contribution is 6.08. The third-order valence-electron chi connectivity index (χ3n) is 5.50. The van der Waals surface area contributed by atoms with E-state index in [4.69, 9.17) is 9.72 Å². The molecule has 0 aliphatic heterocycles. The van der Waals surface area contributed by atoms with Crippen molar-refractivity contribution in [1.29, 1.82) is 0 Å². The maximum absolute atomic E-state index is 13.1. The number of nitrogens with zero attached hydrogens (tertiary/aromatic N) is 1. The summed E-state index contributed by atoms with van der Waals surface area (Å²) in [5.41, 5.74) is 4.42. The Morgan fingerprint density at radius 1 is 1.09 bits per heavy atom. The highest BCUT2D eigenvalue weighted by atomic mass is 16.5. The molecule has 1 aliphatic carbocycles. The summed E-state index contributed by atoms with van der Waals surface area (Å²) in [7, 11) is 0. The van der Waals surface area contributed by atoms with Crippen LogP contribution in [0, 0.1) is 0 Å². The van der Waals surface area contributed by atoms with E-state index in [0.29, 0.717) is 35.9 Å². The number of ether oxygens (including phenoxy) is 1. The first kappa shape index (κ1) is 23.0. The van der Waals surface area contributed by atoms with Crippen molar-refractivity contribution < 1.29 is 24.2 Å². The van der Waals surface area contributed by atoms with Gasteiger partial charge in [-0.2, -0.15) is 0 Å². The predicted octanol–water partition coefficient (Wildman–Crippen LogP) is 3.82. The molecule has 0 radical (unpaired) electrons. The van der Waals surface area contributed by atoms with Crippen LogP contribution < -0.4 is 10.6 Å². The van der Waals surface area contributed by atoms with Gasteiger partial charge in [0.05, 0.1) is 16.8 Å². The summed E-state index contributed by atoms with van der Waals surface area (Å²) < 4.78 is 5.29. The summed E-state index contributed by atoms with van der Waals surface area (Å²) >= 11 is 0. The highest BCUT2D eigenvalue weighted by Crippen LogP contribution is 2.37. The Kier molecular flexibility index (Phi) is 6.87. The molecule has 174 valence electrons. The number of hydrogen-bond acceptors (Lipinski definition) is 6. The lowest BCUT2D eigenvalue weighted by atomic mass is 10.0. The Labute approximate surface area is 196 Å². The van der Waals surface area contributed by atoms with Crippen LogP contribution in [0.2, 0.25) is 0 Å². The summed E-state index contributed by atoms with van der Waals surface area (Å²) in [6.45, 7) is 1.76. The number of urea groups is 1. The number of phenolic OH excluding ortho intramolecular Hbond substituents is 1. The number of rotatable bonds is 6. The van der Waals surface area contributed by atoms with Crippen LogP contribution >= 0.6 is 0 Å². The molecule has 3 amide bonds. The number of imide groups is 1. The van der Waals surface area contributed by atoms with E-state index in [9.17, 15) is 19.5 Å². The normalized spacial score (nSPS) is 13.5. The van der Waals surface area contributed by atoms with Gasteiger partial charge in [0, 0.05) is 11.9 Å². The Balaban J connectivity index is 1.60. The lowest BCUT2D eigenvalue weighted by Crippen LogP contribution is -2.41. The number of benzene rings is 2. The number of amides is 3. The van der Waals surface area contributed by atoms with Crippen molar-refractivity contribution in [2.45, 2.75) is 26.2 Å². The van der Waals surface area contributed by atoms with Gasteiger partial charge in [0.25, 0.3) is 5.91 Å². The predicted molar refractivity (Wildman–Crippen MR) is 128 cm³/mol. The molecule has 1 aromatic heterocycles. The number of phenols is 1. The van der Waals surface area contributed by atoms with Crippen molar-refractivity contribution >= 4 is 40.5 Å². The molecule has 8 heteroatoms. The fourth-order valence-electron chi connectivity index (χ4n) is 3.93. The quantitative estimate of drug-likeness (QED) is 0.483. The number of aromatic hydroxyl groups is 1. The van der Waals surface area contributed by atoms with Gasteiger partial charge in [-0.3, -0.25) is 10.1 Å². The minimum absolute atomic E-state index is 0.190. The fraction of sp³-hybridized carbons (Fsp3) is 0.231. The molecule has 0 saturated heterocycles. The number of aromatic nitrogens is 1. The number of nitrogens with one attached hydrogen (secondary N) is 2. The first-order chi connectivity index (χ1) is 16.5. The molecular formula is C26H25N3O5. The molecule has 34 heavy (non-hydrogen) atoms. The summed E-state index contributed by atoms with van der Waals surface area (Å²) in [6, 6.07) is 13.5. The minimum Gasteiger partial charge on any atom is -0.508 e. The molecule has 3 aromatic rings. The van der Waals surface area contributed by atoms with Crippen LogP contribution in [-0.4, -0.2) is 41.1 Å². The molecule has 3 N–H and O–H groups in total. The van der Waals surface area contributed by atoms with Crippen molar-refractivity contribution in [2.24, 2.45) is 0 Å². The van der Waals surface area contributed by atoms with E-state index in [-0.39, 0.29) is 5.75 Å². The molecule has 0 fully saturated rings. The van der Waals surface area contributed by atoms with Crippen molar-refractivity contribution in [1.82, 2.24) is 15.6 Å². The van der Waals surface area contributed by atoms with Gasteiger partial charge in [-0.05, 0) is 60.2 Å². The molecule has 1 aliphatic rings. The number of esters is 1. The average molecular weight is 460 g/mol. The second-order valence-electron chi connectivity index (χ2n) is 7.97. The first-order valence-electron chi connectivity index (χ1n) is 11.1. The van der Waals surface area contributed by atoms with Crippen molar-refractivity contribution in [3.05, 3.63) is 70.9 Å². The molecule has 0 unspecified atom stereocenters. The van der Waals surface area contributed by atoms with Gasteiger partial charge in [-0.15, -0.1) is 0 Å². The van der Waals surface area contributed by atoms with Gasteiger partial charge in [-0.1, -0.05) is 37.3 Å². The van der Waals surface area contributed by atoms with Gasteiger partial charge in [-0.25, -0.2) is 14.6 Å². The SMILES string of the molecule is CCCNC(=O)NC(=O)COC(=O)c1c2c(nc3ccccc13)/C(=C\c1ccc(O)cc1)CC2. The van der Waals surface area contributed by atoms with E-state index in [2.05, 4.69) is 10.6 Å². The maximum atomic E-state index is 13.1. The van der Waals surface area contributed by atoms with Crippen molar-refractivity contribution in [3.8, 4) is 5.75 Å². The van der Waals surface area contributed by atoms with Crippen LogP contribution in [0.5, 0.6) is 5.75 Å². The molecular weight excluding hydrogens is 434 g/mol. The summed E-state index contributed by atoms with van der Waals surface area (Å²) in [5, 5.41) is 14.9. The van der Waals surface area contributed by atoms with E-state index in [1.54, 1.807) is 18.2 Å². The van der Waals surface area contributed by atoms with Crippen LogP contribution in [-0.2, 0) is 16.0 Å². The number of carbonyl (C=O) groups excluding carboxylic acids is 3. The Morgan fingerprint density at radius 2 is 1.85 bits per heavy atom. The van der Waals surface area contributed by atoms with Crippen LogP contribution in [0.1, 0.15) is 46.9 Å². The van der Waals surface area contributed by atoms with E-state index < -0.39 is 24.5 Å². The average Bonchev–Trinajstić information content (AvgIpc) is 3.23. The lowest BCUT2D eigenvalue weighted by Gasteiger charge is -2.12. The van der Waals surface area contributed by atoms with Crippen LogP contribution in [0.3, 0.4) is 0 Å². The van der Waals surface area contributed by atoms with E-state index in [1.807, 2.05) is 43.3 Å². The Morgan fingerprint density at radius 3 is 2.62 bits per heavy atom. The fourth-order valence-corrected chi connectivity index (χ4v) is 3.93. The summed E-state index contributed by atoms with van der Waals surface area (Å²) in [5.74, 6) is -1.15. The Hall–Kier alpha value is -4.20. The Bertz CT molecular complexity index is 1280. The van der Waals surface area contributed by atoms with Crippen molar-refractivity contribution in [3.63, 3.8) is 0 Å². The smallest absolute Gasteiger partial charge is 0.339 e. The second kappa shape index (κ2) is 10.2. The molecule has 0 spiro atoms. The summed E-state index contributed by atoms with van der Waals surface area (Å²) in [6.07, 6.45) is 4.02. The molecule has 0 atom stereocenters. The molecule has 0 bridgehead atoms. The molecule has 2 aromatic carbocycles. The van der Waals surface area contributed by atoms with Gasteiger partial charge in [0.1, 0.15) is 5.75 Å². The third kappa shape index (κ3) is 5.06. The van der Waals surface area contributed by atoms with Gasteiger partial charge in [0.15, 0.2) is 6.61 Å². The van der Waals surface area contributed by atoms with Crippen LogP contribution in [0.15, 0.2) is 48.5 Å². The lowest BCUT2D eigenvalue weighted by molar-refractivity contribution is -0.123. The van der Waals surface area contributed by atoms with E-state index in [1.165, 1.54) is 0 Å². The largest absolute Gasteiger partial charge is 0.508 e. The first-order valence-corrected chi connectivity index (χ1v) is 11.1. The zero-order valence-corrected chi connectivity index (χ0v) is 18.8. The number of hydrogen-bond donors (Lipinski definition) is 3. The van der Waals surface area contributed by atoms with Crippen molar-refractivity contribution in [2.75, 3.05) is 13.2 Å². The monoisotopic (exact) mass is 459 g/mol. The number of carbonyl (C=O) groups is 3. The highest BCUT2D eigenvalue weighted by Gasteiger charge is 2.28. The molecule has 0 saturated carbocycles. The molecule has 8 nitrogen and oxygen atoms in total. The second-order valence-corrected chi connectivity index (χ2v) is 7.97. The standard InChI is InChI=1S/C26H25N3O5/c1-2-13-27-26(33)29-22(31)15-34-25(32)23-19-5-3-4-6-21(19)28-24-17(9-12-20(23)24)14-16-7-10-18(30)11-8-16/h3-8,10-11,14,30H,2,9,12-13,15H2,1H3,(H2,27,29,31,33)/b17-14-. The van der Waals surface area contributed by atoms with Gasteiger partial charge in [0.2, 0.25) is 0 Å². The minimum atomic E-state index is -0.704. The van der Waals surface area contributed by atoms with E-state index in [0.717, 1.165) is 28.8 Å².